The van der Waals surface area contributed by atoms with Crippen LogP contribution in [0, 0.1) is 5.82 Å². The number of hydrogen-bond acceptors (Lipinski definition) is 4. The number of hydrogen-bond donors (Lipinski definition) is 0. The highest BCUT2D eigenvalue weighted by Gasteiger charge is 2.11. The number of methoxy groups -OCH3 is 1. The summed E-state index contributed by atoms with van der Waals surface area (Å²) in [5.41, 5.74) is 1.65. The van der Waals surface area contributed by atoms with Crippen LogP contribution < -0.4 is 4.74 Å². The summed E-state index contributed by atoms with van der Waals surface area (Å²) < 4.78 is 22.9. The standard InChI is InChI=1S/C13H15FN2OS/c1-16(2)8-9-4-5-11(14)10(6-9)12-7-13(17-3)15-18-12/h4-7H,8H2,1-3H3. The molecule has 0 atom stereocenters. The zero-order valence-electron chi connectivity index (χ0n) is 10.6. The van der Waals surface area contributed by atoms with Gasteiger partial charge in [0.15, 0.2) is 0 Å². The van der Waals surface area contributed by atoms with E-state index in [1.165, 1.54) is 17.6 Å². The molecule has 1 aromatic heterocycles. The first-order chi connectivity index (χ1) is 8.60. The molecule has 0 saturated heterocycles. The Bertz CT molecular complexity index is 540. The predicted octanol–water partition coefficient (Wildman–Crippen LogP) is 3.02. The molecule has 1 aromatic carbocycles. The molecular weight excluding hydrogens is 251 g/mol. The van der Waals surface area contributed by atoms with Gasteiger partial charge in [0.25, 0.3) is 0 Å². The number of halogens is 1. The minimum atomic E-state index is -0.233. The van der Waals surface area contributed by atoms with E-state index >= 15 is 0 Å². The van der Waals surface area contributed by atoms with Gasteiger partial charge < -0.3 is 9.64 Å². The Morgan fingerprint density at radius 2 is 2.11 bits per heavy atom. The summed E-state index contributed by atoms with van der Waals surface area (Å²) in [4.78, 5) is 2.83. The van der Waals surface area contributed by atoms with E-state index in [4.69, 9.17) is 4.74 Å². The molecule has 3 nitrogen and oxygen atoms in total. The molecule has 0 fully saturated rings. The van der Waals surface area contributed by atoms with Crippen LogP contribution in [0.5, 0.6) is 5.88 Å². The van der Waals surface area contributed by atoms with Crippen LogP contribution >= 0.6 is 11.5 Å². The van der Waals surface area contributed by atoms with Crippen molar-refractivity contribution in [3.05, 3.63) is 35.6 Å². The van der Waals surface area contributed by atoms with Crippen LogP contribution in [0.4, 0.5) is 4.39 Å². The Kier molecular flexibility index (Phi) is 3.93. The molecule has 96 valence electrons. The van der Waals surface area contributed by atoms with E-state index in [1.807, 2.05) is 25.1 Å². The zero-order chi connectivity index (χ0) is 13.1. The predicted molar refractivity (Wildman–Crippen MR) is 71.5 cm³/mol. The van der Waals surface area contributed by atoms with Crippen molar-refractivity contribution < 1.29 is 9.13 Å². The molecule has 0 unspecified atom stereocenters. The molecule has 0 amide bonds. The summed E-state index contributed by atoms with van der Waals surface area (Å²) >= 11 is 1.24. The van der Waals surface area contributed by atoms with Crippen LogP contribution in [0.15, 0.2) is 24.3 Å². The lowest BCUT2D eigenvalue weighted by Crippen LogP contribution is -2.10. The van der Waals surface area contributed by atoms with Crippen molar-refractivity contribution in [3.63, 3.8) is 0 Å². The Balaban J connectivity index is 2.36. The molecule has 1 heterocycles. The monoisotopic (exact) mass is 266 g/mol. The summed E-state index contributed by atoms with van der Waals surface area (Å²) in [5.74, 6) is 0.288. The second-order valence-corrected chi connectivity index (χ2v) is 5.09. The van der Waals surface area contributed by atoms with Crippen molar-refractivity contribution >= 4 is 11.5 Å². The average molecular weight is 266 g/mol. The SMILES string of the molecule is COc1cc(-c2cc(CN(C)C)ccc2F)sn1. The van der Waals surface area contributed by atoms with E-state index in [9.17, 15) is 4.39 Å². The van der Waals surface area contributed by atoms with Gasteiger partial charge in [0, 0.05) is 18.2 Å². The molecule has 5 heteroatoms. The highest BCUT2D eigenvalue weighted by Crippen LogP contribution is 2.30. The summed E-state index contributed by atoms with van der Waals surface area (Å²) in [7, 11) is 5.52. The van der Waals surface area contributed by atoms with E-state index in [0.717, 1.165) is 17.0 Å². The number of rotatable bonds is 4. The molecule has 0 aliphatic heterocycles. The van der Waals surface area contributed by atoms with Gasteiger partial charge in [-0.1, -0.05) is 6.07 Å². The van der Waals surface area contributed by atoms with Crippen LogP contribution in [0.1, 0.15) is 5.56 Å². The van der Waals surface area contributed by atoms with E-state index in [2.05, 4.69) is 4.37 Å². The maximum Gasteiger partial charge on any atom is 0.225 e. The van der Waals surface area contributed by atoms with E-state index in [-0.39, 0.29) is 5.82 Å². The van der Waals surface area contributed by atoms with Crippen LogP contribution in [0.3, 0.4) is 0 Å². The molecule has 18 heavy (non-hydrogen) atoms. The topological polar surface area (TPSA) is 25.4 Å². The lowest BCUT2D eigenvalue weighted by atomic mass is 10.1. The van der Waals surface area contributed by atoms with Crippen LogP contribution in [0.2, 0.25) is 0 Å². The first-order valence-corrected chi connectivity index (χ1v) is 6.31. The molecule has 0 aliphatic carbocycles. The second kappa shape index (κ2) is 5.46. The maximum absolute atomic E-state index is 13.8. The van der Waals surface area contributed by atoms with Crippen molar-refractivity contribution in [2.45, 2.75) is 6.54 Å². The first kappa shape index (κ1) is 13.0. The highest BCUT2D eigenvalue weighted by atomic mass is 32.1. The smallest absolute Gasteiger partial charge is 0.225 e. The second-order valence-electron chi connectivity index (χ2n) is 4.29. The van der Waals surface area contributed by atoms with Gasteiger partial charge in [-0.2, -0.15) is 4.37 Å². The fourth-order valence-electron chi connectivity index (χ4n) is 1.71. The van der Waals surface area contributed by atoms with Gasteiger partial charge in [0.2, 0.25) is 5.88 Å². The molecule has 0 saturated carbocycles. The fraction of sp³-hybridized carbons (Fsp3) is 0.308. The molecule has 0 N–H and O–H groups in total. The average Bonchev–Trinajstić information content (AvgIpc) is 2.79. The minimum absolute atomic E-state index is 0.233. The van der Waals surface area contributed by atoms with E-state index in [0.29, 0.717) is 11.4 Å². The highest BCUT2D eigenvalue weighted by molar-refractivity contribution is 7.09. The third-order valence-electron chi connectivity index (χ3n) is 2.49. The van der Waals surface area contributed by atoms with E-state index < -0.39 is 0 Å². The van der Waals surface area contributed by atoms with Gasteiger partial charge in [-0.3, -0.25) is 0 Å². The van der Waals surface area contributed by atoms with Crippen molar-refractivity contribution in [2.75, 3.05) is 21.2 Å². The number of benzene rings is 1. The van der Waals surface area contributed by atoms with Crippen molar-refractivity contribution in [3.8, 4) is 16.3 Å². The van der Waals surface area contributed by atoms with Gasteiger partial charge in [-0.25, -0.2) is 4.39 Å². The van der Waals surface area contributed by atoms with Crippen LogP contribution in [-0.4, -0.2) is 30.5 Å². The summed E-state index contributed by atoms with van der Waals surface area (Å²) in [5, 5.41) is 0. The lowest BCUT2D eigenvalue weighted by molar-refractivity contribution is 0.402. The van der Waals surface area contributed by atoms with Crippen molar-refractivity contribution in [2.24, 2.45) is 0 Å². The number of aromatic nitrogens is 1. The lowest BCUT2D eigenvalue weighted by Gasteiger charge is -2.10. The van der Waals surface area contributed by atoms with Gasteiger partial charge in [0.1, 0.15) is 5.82 Å². The molecule has 2 aromatic rings. The Labute approximate surface area is 110 Å². The molecule has 0 spiro atoms. The quantitative estimate of drug-likeness (QED) is 0.850. The van der Waals surface area contributed by atoms with Crippen molar-refractivity contribution in [1.29, 1.82) is 0 Å². The summed E-state index contributed by atoms with van der Waals surface area (Å²) in [6, 6.07) is 6.92. The Morgan fingerprint density at radius 3 is 2.72 bits per heavy atom. The number of nitrogens with zero attached hydrogens (tertiary/aromatic N) is 2. The summed E-state index contributed by atoms with van der Waals surface area (Å²) in [6.07, 6.45) is 0. The maximum atomic E-state index is 13.8. The summed E-state index contributed by atoms with van der Waals surface area (Å²) in [6.45, 7) is 0.781. The van der Waals surface area contributed by atoms with Gasteiger partial charge in [-0.05, 0) is 43.3 Å². The van der Waals surface area contributed by atoms with E-state index in [1.54, 1.807) is 19.2 Å². The van der Waals surface area contributed by atoms with Gasteiger partial charge in [-0.15, -0.1) is 0 Å². The Hall–Kier alpha value is -1.46. The molecule has 2 rings (SSSR count). The van der Waals surface area contributed by atoms with Crippen LogP contribution in [-0.2, 0) is 6.54 Å². The van der Waals surface area contributed by atoms with Crippen LogP contribution in [0.25, 0.3) is 10.4 Å². The molecular formula is C13H15FN2OS. The first-order valence-electron chi connectivity index (χ1n) is 5.54. The third-order valence-corrected chi connectivity index (χ3v) is 3.30. The minimum Gasteiger partial charge on any atom is -0.480 e. The molecule has 0 bridgehead atoms. The zero-order valence-corrected chi connectivity index (χ0v) is 11.4. The van der Waals surface area contributed by atoms with Gasteiger partial charge in [0.05, 0.1) is 12.0 Å². The largest absolute Gasteiger partial charge is 0.480 e. The molecule has 0 radical (unpaired) electrons. The third kappa shape index (κ3) is 2.86. The van der Waals surface area contributed by atoms with Crippen molar-refractivity contribution in [1.82, 2.24) is 9.27 Å². The number of ether oxygens (including phenoxy) is 1. The Morgan fingerprint density at radius 1 is 1.33 bits per heavy atom. The fourth-order valence-corrected chi connectivity index (χ4v) is 2.43. The molecule has 0 aliphatic rings. The normalized spacial score (nSPS) is 10.9. The van der Waals surface area contributed by atoms with Gasteiger partial charge >= 0.3 is 0 Å².